The third-order valence-electron chi connectivity index (χ3n) is 3.78. The van der Waals surface area contributed by atoms with Gasteiger partial charge in [-0.3, -0.25) is 4.90 Å². The first kappa shape index (κ1) is 14.2. The van der Waals surface area contributed by atoms with Crippen LogP contribution in [0.25, 0.3) is 0 Å². The van der Waals surface area contributed by atoms with Crippen LogP contribution in [0, 0.1) is 5.92 Å². The maximum absolute atomic E-state index is 11.7. The molecule has 0 aromatic carbocycles. The molecule has 0 amide bonds. The van der Waals surface area contributed by atoms with Crippen molar-refractivity contribution in [3.8, 4) is 0 Å². The molecule has 2 fully saturated rings. The number of hydrogen-bond acceptors (Lipinski definition) is 3. The summed E-state index contributed by atoms with van der Waals surface area (Å²) in [5.74, 6) is 0.724. The van der Waals surface area contributed by atoms with E-state index in [1.165, 1.54) is 12.8 Å². The second-order valence-corrected chi connectivity index (χ2v) is 7.37. The van der Waals surface area contributed by atoms with Gasteiger partial charge in [0.25, 0.3) is 10.2 Å². The normalized spacial score (nSPS) is 28.2. The summed E-state index contributed by atoms with van der Waals surface area (Å²) in [7, 11) is -3.29. The van der Waals surface area contributed by atoms with Gasteiger partial charge in [-0.1, -0.05) is 6.92 Å². The quantitative estimate of drug-likeness (QED) is 0.750. The number of piperidine rings is 1. The van der Waals surface area contributed by atoms with Crippen molar-refractivity contribution in [1.82, 2.24) is 14.3 Å². The molecule has 0 aromatic rings. The molecule has 2 atom stereocenters. The van der Waals surface area contributed by atoms with Crippen molar-refractivity contribution in [2.75, 3.05) is 19.6 Å². The van der Waals surface area contributed by atoms with Gasteiger partial charge in [0.15, 0.2) is 0 Å². The largest absolute Gasteiger partial charge is 0.299 e. The minimum Gasteiger partial charge on any atom is -0.299 e. The molecule has 5 nitrogen and oxygen atoms in total. The standard InChI is InChI=1S/C12H25N3O2S/c1-10-4-3-7-15(9-10)11(2)8-13-18(16,17)14-12-5-6-12/h10-14H,3-9H2,1-2H3/t10-,11-/m0/s1. The molecule has 1 saturated carbocycles. The average Bonchev–Trinajstić information content (AvgIpc) is 3.09. The zero-order chi connectivity index (χ0) is 13.2. The maximum atomic E-state index is 11.7. The summed E-state index contributed by atoms with van der Waals surface area (Å²) in [6.07, 6.45) is 4.46. The second kappa shape index (κ2) is 5.86. The topological polar surface area (TPSA) is 61.4 Å². The number of nitrogens with one attached hydrogen (secondary N) is 2. The summed E-state index contributed by atoms with van der Waals surface area (Å²) in [5.41, 5.74) is 0. The predicted molar refractivity (Wildman–Crippen MR) is 72.5 cm³/mol. The minimum absolute atomic E-state index is 0.174. The molecule has 1 saturated heterocycles. The predicted octanol–water partition coefficient (Wildman–Crippen LogP) is 0.693. The summed E-state index contributed by atoms with van der Waals surface area (Å²) in [6, 6.07) is 0.441. The molecule has 106 valence electrons. The van der Waals surface area contributed by atoms with Crippen LogP contribution in [0.15, 0.2) is 0 Å². The van der Waals surface area contributed by atoms with Gasteiger partial charge in [0, 0.05) is 25.2 Å². The van der Waals surface area contributed by atoms with Gasteiger partial charge in [-0.15, -0.1) is 0 Å². The molecule has 18 heavy (non-hydrogen) atoms. The number of nitrogens with zero attached hydrogens (tertiary/aromatic N) is 1. The van der Waals surface area contributed by atoms with Gasteiger partial charge in [-0.25, -0.2) is 4.72 Å². The molecule has 0 unspecified atom stereocenters. The Morgan fingerprint density at radius 3 is 2.67 bits per heavy atom. The molecule has 0 aromatic heterocycles. The van der Waals surface area contributed by atoms with Crippen LogP contribution in [-0.4, -0.2) is 45.0 Å². The molecule has 2 rings (SSSR count). The van der Waals surface area contributed by atoms with Gasteiger partial charge >= 0.3 is 0 Å². The van der Waals surface area contributed by atoms with E-state index >= 15 is 0 Å². The molecule has 0 spiro atoms. The Labute approximate surface area is 110 Å². The Balaban J connectivity index is 1.74. The third-order valence-corrected chi connectivity index (χ3v) is 4.97. The molecular formula is C12H25N3O2S. The minimum atomic E-state index is -3.29. The molecule has 0 radical (unpaired) electrons. The van der Waals surface area contributed by atoms with E-state index in [4.69, 9.17) is 0 Å². The summed E-state index contributed by atoms with van der Waals surface area (Å²) in [5, 5.41) is 0. The van der Waals surface area contributed by atoms with Crippen LogP contribution < -0.4 is 9.44 Å². The van der Waals surface area contributed by atoms with E-state index in [-0.39, 0.29) is 12.1 Å². The van der Waals surface area contributed by atoms with E-state index in [9.17, 15) is 8.42 Å². The Hall–Kier alpha value is -0.170. The summed E-state index contributed by atoms with van der Waals surface area (Å²) >= 11 is 0. The SMILES string of the molecule is C[C@H]1CCCN([C@@H](C)CNS(=O)(=O)NC2CC2)C1. The van der Waals surface area contributed by atoms with E-state index in [1.54, 1.807) is 0 Å². The highest BCUT2D eigenvalue weighted by Gasteiger charge is 2.27. The van der Waals surface area contributed by atoms with Crippen molar-refractivity contribution in [2.24, 2.45) is 5.92 Å². The smallest absolute Gasteiger partial charge is 0.277 e. The average molecular weight is 275 g/mol. The highest BCUT2D eigenvalue weighted by Crippen LogP contribution is 2.19. The van der Waals surface area contributed by atoms with Crippen LogP contribution >= 0.6 is 0 Å². The lowest BCUT2D eigenvalue weighted by Gasteiger charge is -2.35. The summed E-state index contributed by atoms with van der Waals surface area (Å²) in [6.45, 7) is 7.02. The van der Waals surface area contributed by atoms with Crippen LogP contribution in [0.1, 0.15) is 39.5 Å². The van der Waals surface area contributed by atoms with Crippen LogP contribution in [0.2, 0.25) is 0 Å². The molecule has 1 heterocycles. The van der Waals surface area contributed by atoms with E-state index in [2.05, 4.69) is 28.2 Å². The Kier molecular flexibility index (Phi) is 4.64. The molecule has 1 aliphatic carbocycles. The lowest BCUT2D eigenvalue weighted by Crippen LogP contribution is -2.48. The first-order valence-corrected chi connectivity index (χ1v) is 8.45. The molecular weight excluding hydrogens is 250 g/mol. The second-order valence-electron chi connectivity index (χ2n) is 5.84. The van der Waals surface area contributed by atoms with Crippen molar-refractivity contribution < 1.29 is 8.42 Å². The molecule has 6 heteroatoms. The number of rotatable bonds is 6. The van der Waals surface area contributed by atoms with E-state index < -0.39 is 10.2 Å². The van der Waals surface area contributed by atoms with E-state index in [1.807, 2.05) is 0 Å². The Bertz CT molecular complexity index is 368. The van der Waals surface area contributed by atoms with Gasteiger partial charge in [0.05, 0.1) is 0 Å². The first-order valence-electron chi connectivity index (χ1n) is 6.97. The van der Waals surface area contributed by atoms with Gasteiger partial charge in [-0.2, -0.15) is 13.1 Å². The Morgan fingerprint density at radius 1 is 1.33 bits per heavy atom. The fraction of sp³-hybridized carbons (Fsp3) is 1.00. The highest BCUT2D eigenvalue weighted by atomic mass is 32.2. The van der Waals surface area contributed by atoms with Crippen LogP contribution in [0.5, 0.6) is 0 Å². The van der Waals surface area contributed by atoms with E-state index in [0.717, 1.165) is 31.8 Å². The van der Waals surface area contributed by atoms with Crippen molar-refractivity contribution in [1.29, 1.82) is 0 Å². The van der Waals surface area contributed by atoms with Crippen molar-refractivity contribution >= 4 is 10.2 Å². The maximum Gasteiger partial charge on any atom is 0.277 e. The Morgan fingerprint density at radius 2 is 2.06 bits per heavy atom. The van der Waals surface area contributed by atoms with Crippen LogP contribution in [0.4, 0.5) is 0 Å². The number of hydrogen-bond donors (Lipinski definition) is 2. The number of likely N-dealkylation sites (tertiary alicyclic amines) is 1. The third kappa shape index (κ3) is 4.50. The van der Waals surface area contributed by atoms with Gasteiger partial charge in [0.2, 0.25) is 0 Å². The lowest BCUT2D eigenvalue weighted by atomic mass is 9.99. The molecule has 0 bridgehead atoms. The lowest BCUT2D eigenvalue weighted by molar-refractivity contribution is 0.140. The molecule has 2 aliphatic rings. The summed E-state index contributed by atoms with van der Waals surface area (Å²) < 4.78 is 28.7. The van der Waals surface area contributed by atoms with Gasteiger partial charge < -0.3 is 0 Å². The van der Waals surface area contributed by atoms with Gasteiger partial charge in [0.1, 0.15) is 0 Å². The fourth-order valence-corrected chi connectivity index (χ4v) is 3.67. The molecule has 1 aliphatic heterocycles. The van der Waals surface area contributed by atoms with Crippen LogP contribution in [-0.2, 0) is 10.2 Å². The van der Waals surface area contributed by atoms with Crippen molar-refractivity contribution in [3.05, 3.63) is 0 Å². The fourth-order valence-electron chi connectivity index (χ4n) is 2.45. The van der Waals surface area contributed by atoms with Crippen molar-refractivity contribution in [3.63, 3.8) is 0 Å². The van der Waals surface area contributed by atoms with Crippen molar-refractivity contribution in [2.45, 2.75) is 51.6 Å². The highest BCUT2D eigenvalue weighted by molar-refractivity contribution is 7.87. The monoisotopic (exact) mass is 275 g/mol. The zero-order valence-electron chi connectivity index (χ0n) is 11.4. The molecule has 2 N–H and O–H groups in total. The van der Waals surface area contributed by atoms with Crippen LogP contribution in [0.3, 0.4) is 0 Å². The summed E-state index contributed by atoms with van der Waals surface area (Å²) in [4.78, 5) is 2.38. The van der Waals surface area contributed by atoms with E-state index in [0.29, 0.717) is 6.54 Å². The van der Waals surface area contributed by atoms with Gasteiger partial charge in [-0.05, 0) is 45.1 Å². The first-order chi connectivity index (χ1) is 8.46. The zero-order valence-corrected chi connectivity index (χ0v) is 12.2.